The Morgan fingerprint density at radius 3 is 2.38 bits per heavy atom. The fourth-order valence-corrected chi connectivity index (χ4v) is 4.96. The van der Waals surface area contributed by atoms with Crippen molar-refractivity contribution in [1.82, 2.24) is 14.7 Å². The number of benzene rings is 1. The third-order valence-corrected chi connectivity index (χ3v) is 6.78. The zero-order chi connectivity index (χ0) is 20.4. The normalized spacial score (nSPS) is 24.5. The first-order valence-electron chi connectivity index (χ1n) is 10.6. The van der Waals surface area contributed by atoms with Crippen LogP contribution in [0.2, 0.25) is 0 Å². The van der Waals surface area contributed by atoms with Crippen LogP contribution < -0.4 is 9.47 Å². The molecule has 1 atom stereocenters. The van der Waals surface area contributed by atoms with Crippen LogP contribution in [-0.2, 0) is 4.79 Å². The number of likely N-dealkylation sites (tertiary alicyclic amines) is 3. The lowest BCUT2D eigenvalue weighted by Gasteiger charge is -2.57. The van der Waals surface area contributed by atoms with Gasteiger partial charge in [-0.3, -0.25) is 14.5 Å². The summed E-state index contributed by atoms with van der Waals surface area (Å²) in [6.45, 7) is 4.59. The molecule has 3 aliphatic rings. The van der Waals surface area contributed by atoms with Crippen LogP contribution in [0.5, 0.6) is 11.5 Å². The highest BCUT2D eigenvalue weighted by atomic mass is 16.5. The summed E-state index contributed by atoms with van der Waals surface area (Å²) < 4.78 is 10.7. The van der Waals surface area contributed by atoms with Crippen molar-refractivity contribution < 1.29 is 19.1 Å². The first-order chi connectivity index (χ1) is 14.1. The van der Waals surface area contributed by atoms with E-state index in [0.29, 0.717) is 30.2 Å². The molecule has 1 aromatic rings. The second-order valence-electron chi connectivity index (χ2n) is 8.38. The van der Waals surface area contributed by atoms with E-state index in [1.807, 2.05) is 9.80 Å². The molecule has 0 aliphatic carbocycles. The number of methoxy groups -OCH3 is 2. The molecule has 3 fully saturated rings. The van der Waals surface area contributed by atoms with Crippen LogP contribution >= 0.6 is 0 Å². The van der Waals surface area contributed by atoms with Crippen LogP contribution in [-0.4, -0.2) is 85.5 Å². The van der Waals surface area contributed by atoms with Crippen LogP contribution in [0, 0.1) is 0 Å². The van der Waals surface area contributed by atoms with Crippen molar-refractivity contribution in [3.05, 3.63) is 23.8 Å². The topological polar surface area (TPSA) is 62.3 Å². The van der Waals surface area contributed by atoms with Gasteiger partial charge in [-0.15, -0.1) is 0 Å². The maximum absolute atomic E-state index is 13.3. The quantitative estimate of drug-likeness (QED) is 0.755. The Bertz CT molecular complexity index is 777. The van der Waals surface area contributed by atoms with Gasteiger partial charge in [-0.25, -0.2) is 0 Å². The first kappa shape index (κ1) is 20.0. The maximum atomic E-state index is 13.3. The number of piperidine rings is 1. The number of carbonyl (C=O) groups excluding carboxylic acids is 2. The van der Waals surface area contributed by atoms with Gasteiger partial charge in [0, 0.05) is 38.3 Å². The average molecular weight is 402 g/mol. The summed E-state index contributed by atoms with van der Waals surface area (Å²) >= 11 is 0. The Morgan fingerprint density at radius 1 is 0.966 bits per heavy atom. The van der Waals surface area contributed by atoms with E-state index in [1.165, 1.54) is 0 Å². The summed E-state index contributed by atoms with van der Waals surface area (Å²) in [6.07, 6.45) is 5.26. The van der Waals surface area contributed by atoms with Gasteiger partial charge in [-0.2, -0.15) is 0 Å². The number of hydrogen-bond acceptors (Lipinski definition) is 5. The summed E-state index contributed by atoms with van der Waals surface area (Å²) in [5.41, 5.74) is 0.470. The summed E-state index contributed by atoms with van der Waals surface area (Å²) in [5.74, 6) is 1.41. The van der Waals surface area contributed by atoms with Gasteiger partial charge in [0.15, 0.2) is 0 Å². The largest absolute Gasteiger partial charge is 0.497 e. The van der Waals surface area contributed by atoms with E-state index in [2.05, 4.69) is 4.90 Å². The SMILES string of the molecule is COc1ccc(OC)c(C(=O)N2CCC[C@@]3(CCN3CC(=O)N3CCCC3)C2)c1. The van der Waals surface area contributed by atoms with Gasteiger partial charge in [0.1, 0.15) is 11.5 Å². The molecule has 0 saturated carbocycles. The van der Waals surface area contributed by atoms with Crippen molar-refractivity contribution in [2.45, 2.75) is 37.6 Å². The molecule has 7 nitrogen and oxygen atoms in total. The number of carbonyl (C=O) groups is 2. The summed E-state index contributed by atoms with van der Waals surface area (Å²) in [7, 11) is 3.17. The van der Waals surface area contributed by atoms with Crippen LogP contribution in [0.4, 0.5) is 0 Å². The van der Waals surface area contributed by atoms with Crippen LogP contribution in [0.25, 0.3) is 0 Å². The number of amides is 2. The van der Waals surface area contributed by atoms with E-state index >= 15 is 0 Å². The number of hydrogen-bond donors (Lipinski definition) is 0. The molecule has 3 aliphatic heterocycles. The first-order valence-corrected chi connectivity index (χ1v) is 10.6. The minimum Gasteiger partial charge on any atom is -0.497 e. The predicted molar refractivity (Wildman–Crippen MR) is 109 cm³/mol. The molecule has 1 aromatic carbocycles. The highest BCUT2D eigenvalue weighted by Gasteiger charge is 2.49. The molecule has 0 aromatic heterocycles. The van der Waals surface area contributed by atoms with Crippen LogP contribution in [0.15, 0.2) is 18.2 Å². The number of rotatable bonds is 5. The molecular formula is C22H31N3O4. The van der Waals surface area contributed by atoms with Gasteiger partial charge in [0.05, 0.1) is 26.3 Å². The van der Waals surface area contributed by atoms with Gasteiger partial charge in [-0.1, -0.05) is 0 Å². The van der Waals surface area contributed by atoms with Crippen LogP contribution in [0.1, 0.15) is 42.5 Å². The van der Waals surface area contributed by atoms with Crippen molar-refractivity contribution in [2.24, 2.45) is 0 Å². The lowest BCUT2D eigenvalue weighted by molar-refractivity contribution is -0.138. The van der Waals surface area contributed by atoms with Crippen molar-refractivity contribution in [3.63, 3.8) is 0 Å². The highest BCUT2D eigenvalue weighted by molar-refractivity contribution is 5.97. The van der Waals surface area contributed by atoms with E-state index in [4.69, 9.17) is 9.47 Å². The molecular weight excluding hydrogens is 370 g/mol. The third kappa shape index (κ3) is 3.80. The standard InChI is InChI=1S/C22H31N3O4/c1-28-17-6-7-19(29-2)18(14-17)21(27)24-12-5-8-22(16-24)9-13-25(22)15-20(26)23-10-3-4-11-23/h6-7,14H,3-5,8-13,15-16H2,1-2H3/t22-/m1/s1. The monoisotopic (exact) mass is 401 g/mol. The predicted octanol–water partition coefficient (Wildman–Crippen LogP) is 2.01. The fourth-order valence-electron chi connectivity index (χ4n) is 4.96. The van der Waals surface area contributed by atoms with Crippen molar-refractivity contribution >= 4 is 11.8 Å². The molecule has 1 spiro atoms. The Labute approximate surface area is 172 Å². The Balaban J connectivity index is 1.46. The third-order valence-electron chi connectivity index (χ3n) is 6.78. The zero-order valence-electron chi connectivity index (χ0n) is 17.5. The summed E-state index contributed by atoms with van der Waals surface area (Å²) in [6, 6.07) is 5.32. The van der Waals surface area contributed by atoms with Crippen molar-refractivity contribution in [3.8, 4) is 11.5 Å². The maximum Gasteiger partial charge on any atom is 0.257 e. The molecule has 4 rings (SSSR count). The Morgan fingerprint density at radius 2 is 1.72 bits per heavy atom. The molecule has 0 unspecified atom stereocenters. The minimum atomic E-state index is -0.0601. The zero-order valence-corrected chi connectivity index (χ0v) is 17.5. The molecule has 7 heteroatoms. The molecule has 2 amide bonds. The van der Waals surface area contributed by atoms with Gasteiger partial charge < -0.3 is 19.3 Å². The lowest BCUT2D eigenvalue weighted by Crippen LogP contribution is -2.68. The highest BCUT2D eigenvalue weighted by Crippen LogP contribution is 2.39. The second-order valence-corrected chi connectivity index (χ2v) is 8.38. The molecule has 158 valence electrons. The number of ether oxygens (including phenoxy) is 2. The van der Waals surface area contributed by atoms with E-state index in [1.54, 1.807) is 32.4 Å². The molecule has 3 heterocycles. The van der Waals surface area contributed by atoms with Gasteiger partial charge in [0.2, 0.25) is 5.91 Å². The van der Waals surface area contributed by atoms with E-state index in [-0.39, 0.29) is 17.4 Å². The lowest BCUT2D eigenvalue weighted by atomic mass is 9.77. The molecule has 0 radical (unpaired) electrons. The fraction of sp³-hybridized carbons (Fsp3) is 0.636. The smallest absolute Gasteiger partial charge is 0.257 e. The second kappa shape index (κ2) is 8.22. The Hall–Kier alpha value is -2.28. The van der Waals surface area contributed by atoms with Gasteiger partial charge >= 0.3 is 0 Å². The molecule has 0 N–H and O–H groups in total. The summed E-state index contributed by atoms with van der Waals surface area (Å²) in [5, 5.41) is 0. The number of nitrogens with zero attached hydrogens (tertiary/aromatic N) is 3. The molecule has 3 saturated heterocycles. The van der Waals surface area contributed by atoms with Crippen molar-refractivity contribution in [2.75, 3.05) is 53.5 Å². The van der Waals surface area contributed by atoms with E-state index in [9.17, 15) is 9.59 Å². The van der Waals surface area contributed by atoms with Gasteiger partial charge in [-0.05, 0) is 50.3 Å². The van der Waals surface area contributed by atoms with E-state index in [0.717, 1.165) is 58.3 Å². The van der Waals surface area contributed by atoms with Crippen molar-refractivity contribution in [1.29, 1.82) is 0 Å². The average Bonchev–Trinajstić information content (AvgIpc) is 3.30. The summed E-state index contributed by atoms with van der Waals surface area (Å²) in [4.78, 5) is 32.2. The molecule has 0 bridgehead atoms. The van der Waals surface area contributed by atoms with Gasteiger partial charge in [0.25, 0.3) is 5.91 Å². The molecule has 29 heavy (non-hydrogen) atoms. The van der Waals surface area contributed by atoms with E-state index < -0.39 is 0 Å². The Kier molecular flexibility index (Phi) is 5.67. The van der Waals surface area contributed by atoms with Crippen LogP contribution in [0.3, 0.4) is 0 Å². The minimum absolute atomic E-state index is 0.0301.